The molecule has 0 saturated carbocycles. The minimum Gasteiger partial charge on any atom is -0.495 e. The van der Waals surface area contributed by atoms with Crippen molar-refractivity contribution >= 4 is 10.9 Å². The van der Waals surface area contributed by atoms with Gasteiger partial charge in [-0.05, 0) is 18.6 Å². The Morgan fingerprint density at radius 1 is 1.40 bits per heavy atom. The third-order valence-electron chi connectivity index (χ3n) is 2.48. The van der Waals surface area contributed by atoms with Crippen molar-refractivity contribution in [3.63, 3.8) is 0 Å². The summed E-state index contributed by atoms with van der Waals surface area (Å²) in [5, 5.41) is 0.673. The van der Waals surface area contributed by atoms with E-state index in [9.17, 15) is 4.79 Å². The molecule has 1 aromatic carbocycles. The molecule has 0 aliphatic carbocycles. The smallest absolute Gasteiger partial charge is 0.189 e. The molecule has 0 unspecified atom stereocenters. The van der Waals surface area contributed by atoms with Crippen molar-refractivity contribution in [2.45, 2.75) is 13.3 Å². The van der Waals surface area contributed by atoms with Gasteiger partial charge >= 0.3 is 0 Å². The Hall–Kier alpha value is -1.77. The van der Waals surface area contributed by atoms with Gasteiger partial charge < -0.3 is 9.72 Å². The second kappa shape index (κ2) is 3.77. The van der Waals surface area contributed by atoms with E-state index in [1.54, 1.807) is 19.2 Å². The number of aromatic nitrogens is 1. The number of benzene rings is 1. The van der Waals surface area contributed by atoms with Gasteiger partial charge in [-0.15, -0.1) is 0 Å². The van der Waals surface area contributed by atoms with Crippen LogP contribution in [0.15, 0.2) is 29.1 Å². The zero-order chi connectivity index (χ0) is 10.8. The number of ether oxygens (including phenoxy) is 1. The monoisotopic (exact) mass is 203 g/mol. The Labute approximate surface area is 87.7 Å². The van der Waals surface area contributed by atoms with Crippen LogP contribution in [0.3, 0.4) is 0 Å². The van der Waals surface area contributed by atoms with Crippen molar-refractivity contribution in [2.75, 3.05) is 7.11 Å². The molecule has 0 aliphatic rings. The molecule has 3 heteroatoms. The average molecular weight is 203 g/mol. The van der Waals surface area contributed by atoms with Crippen molar-refractivity contribution in [3.8, 4) is 5.75 Å². The topological polar surface area (TPSA) is 42.1 Å². The molecule has 78 valence electrons. The maximum absolute atomic E-state index is 11.8. The lowest BCUT2D eigenvalue weighted by Crippen LogP contribution is -2.05. The fourth-order valence-corrected chi connectivity index (χ4v) is 1.66. The van der Waals surface area contributed by atoms with Crippen LogP contribution >= 0.6 is 0 Å². The van der Waals surface area contributed by atoms with Crippen LogP contribution in [-0.2, 0) is 6.42 Å². The van der Waals surface area contributed by atoms with Crippen LogP contribution in [-0.4, -0.2) is 12.1 Å². The standard InChI is InChI=1S/C12H13NO2/c1-3-8-7-10(14)9-5-4-6-11(15-2)12(9)13-8/h4-7H,3H2,1-2H3,(H,13,14). The third kappa shape index (κ3) is 1.61. The SMILES string of the molecule is CCc1cc(=O)c2cccc(OC)c2[nH]1. The summed E-state index contributed by atoms with van der Waals surface area (Å²) in [6.45, 7) is 2.01. The highest BCUT2D eigenvalue weighted by atomic mass is 16.5. The number of para-hydroxylation sites is 1. The fraction of sp³-hybridized carbons (Fsp3) is 0.250. The van der Waals surface area contributed by atoms with Gasteiger partial charge in [0.25, 0.3) is 0 Å². The zero-order valence-corrected chi connectivity index (χ0v) is 8.83. The van der Waals surface area contributed by atoms with E-state index in [-0.39, 0.29) is 5.43 Å². The minimum atomic E-state index is 0.0412. The number of rotatable bonds is 2. The highest BCUT2D eigenvalue weighted by Gasteiger charge is 2.05. The Balaban J connectivity index is 2.85. The normalized spacial score (nSPS) is 10.5. The van der Waals surface area contributed by atoms with E-state index in [0.29, 0.717) is 11.1 Å². The van der Waals surface area contributed by atoms with Crippen LogP contribution in [0.1, 0.15) is 12.6 Å². The lowest BCUT2D eigenvalue weighted by Gasteiger charge is -2.06. The molecule has 0 bridgehead atoms. The van der Waals surface area contributed by atoms with Gasteiger partial charge in [-0.25, -0.2) is 0 Å². The number of fused-ring (bicyclic) bond motifs is 1. The number of aryl methyl sites for hydroxylation is 1. The van der Waals surface area contributed by atoms with E-state index in [4.69, 9.17) is 4.74 Å². The van der Waals surface area contributed by atoms with Crippen LogP contribution in [0.5, 0.6) is 5.75 Å². The van der Waals surface area contributed by atoms with Crippen molar-refractivity contribution < 1.29 is 4.74 Å². The summed E-state index contributed by atoms with van der Waals surface area (Å²) < 4.78 is 5.21. The lowest BCUT2D eigenvalue weighted by atomic mass is 10.1. The second-order valence-electron chi connectivity index (χ2n) is 3.40. The maximum atomic E-state index is 11.8. The summed E-state index contributed by atoms with van der Waals surface area (Å²) in [6.07, 6.45) is 0.809. The molecule has 1 N–H and O–H groups in total. The second-order valence-corrected chi connectivity index (χ2v) is 3.40. The van der Waals surface area contributed by atoms with E-state index in [1.807, 2.05) is 19.1 Å². The molecule has 0 amide bonds. The lowest BCUT2D eigenvalue weighted by molar-refractivity contribution is 0.419. The van der Waals surface area contributed by atoms with Gasteiger partial charge in [-0.2, -0.15) is 0 Å². The van der Waals surface area contributed by atoms with Crippen molar-refractivity contribution in [3.05, 3.63) is 40.2 Å². The van der Waals surface area contributed by atoms with Gasteiger partial charge in [0.1, 0.15) is 5.75 Å². The number of pyridine rings is 1. The first-order valence-electron chi connectivity index (χ1n) is 4.95. The third-order valence-corrected chi connectivity index (χ3v) is 2.48. The van der Waals surface area contributed by atoms with Crippen LogP contribution in [0, 0.1) is 0 Å². The molecule has 0 spiro atoms. The van der Waals surface area contributed by atoms with E-state index in [0.717, 1.165) is 17.6 Å². The van der Waals surface area contributed by atoms with Crippen molar-refractivity contribution in [1.82, 2.24) is 4.98 Å². The molecular formula is C12H13NO2. The largest absolute Gasteiger partial charge is 0.495 e. The van der Waals surface area contributed by atoms with Gasteiger partial charge in [0.2, 0.25) is 0 Å². The molecule has 2 aromatic rings. The summed E-state index contributed by atoms with van der Waals surface area (Å²) in [4.78, 5) is 15.0. The van der Waals surface area contributed by atoms with E-state index >= 15 is 0 Å². The molecule has 1 heterocycles. The molecule has 0 fully saturated rings. The molecule has 15 heavy (non-hydrogen) atoms. The Morgan fingerprint density at radius 2 is 2.20 bits per heavy atom. The number of nitrogens with one attached hydrogen (secondary N) is 1. The summed E-state index contributed by atoms with van der Waals surface area (Å²) >= 11 is 0. The molecular weight excluding hydrogens is 190 g/mol. The van der Waals surface area contributed by atoms with Crippen LogP contribution in [0.2, 0.25) is 0 Å². The molecule has 1 aromatic heterocycles. The Morgan fingerprint density at radius 3 is 2.87 bits per heavy atom. The molecule has 2 rings (SSSR count). The summed E-state index contributed by atoms with van der Waals surface area (Å²) in [7, 11) is 1.60. The molecule has 3 nitrogen and oxygen atoms in total. The first kappa shape index (κ1) is 9.77. The van der Waals surface area contributed by atoms with Gasteiger partial charge in [0.05, 0.1) is 12.6 Å². The molecule has 0 saturated heterocycles. The molecule has 0 aliphatic heterocycles. The number of aromatic amines is 1. The summed E-state index contributed by atoms with van der Waals surface area (Å²) in [5.74, 6) is 0.708. The quantitative estimate of drug-likeness (QED) is 0.812. The first-order valence-corrected chi connectivity index (χ1v) is 4.95. The maximum Gasteiger partial charge on any atom is 0.189 e. The van der Waals surface area contributed by atoms with Crippen molar-refractivity contribution in [1.29, 1.82) is 0 Å². The van der Waals surface area contributed by atoms with Gasteiger partial charge in [-0.3, -0.25) is 4.79 Å². The Bertz CT molecular complexity index is 543. The summed E-state index contributed by atoms with van der Waals surface area (Å²) in [6, 6.07) is 7.11. The van der Waals surface area contributed by atoms with Crippen molar-refractivity contribution in [2.24, 2.45) is 0 Å². The van der Waals surface area contributed by atoms with Crippen LogP contribution in [0.25, 0.3) is 10.9 Å². The van der Waals surface area contributed by atoms with Crippen LogP contribution < -0.4 is 10.2 Å². The van der Waals surface area contributed by atoms with Crippen LogP contribution in [0.4, 0.5) is 0 Å². The van der Waals surface area contributed by atoms with Gasteiger partial charge in [-0.1, -0.05) is 13.0 Å². The fourth-order valence-electron chi connectivity index (χ4n) is 1.66. The minimum absolute atomic E-state index is 0.0412. The number of hydrogen-bond acceptors (Lipinski definition) is 2. The van der Waals surface area contributed by atoms with E-state index in [2.05, 4.69) is 4.98 Å². The zero-order valence-electron chi connectivity index (χ0n) is 8.83. The highest BCUT2D eigenvalue weighted by Crippen LogP contribution is 2.21. The molecule has 0 radical (unpaired) electrons. The summed E-state index contributed by atoms with van der Waals surface area (Å²) in [5.41, 5.74) is 1.75. The number of H-pyrrole nitrogens is 1. The predicted molar refractivity (Wildman–Crippen MR) is 60.5 cm³/mol. The Kier molecular flexibility index (Phi) is 2.46. The average Bonchev–Trinajstić information content (AvgIpc) is 2.28. The number of hydrogen-bond donors (Lipinski definition) is 1. The van der Waals surface area contributed by atoms with Gasteiger partial charge in [0.15, 0.2) is 5.43 Å². The van der Waals surface area contributed by atoms with Gasteiger partial charge in [0, 0.05) is 17.1 Å². The first-order chi connectivity index (χ1) is 7.26. The highest BCUT2D eigenvalue weighted by molar-refractivity contribution is 5.84. The van der Waals surface area contributed by atoms with E-state index < -0.39 is 0 Å². The van der Waals surface area contributed by atoms with E-state index in [1.165, 1.54) is 0 Å². The number of methoxy groups -OCH3 is 1. The predicted octanol–water partition coefficient (Wildman–Crippen LogP) is 2.10. The molecule has 0 atom stereocenters.